The molecule has 2 aromatic heterocycles. The van der Waals surface area contributed by atoms with Crippen molar-refractivity contribution in [3.05, 3.63) is 58.4 Å². The van der Waals surface area contributed by atoms with Crippen LogP contribution in [0.4, 0.5) is 4.39 Å². The molecule has 49 heavy (non-hydrogen) atoms. The zero-order chi connectivity index (χ0) is 34.1. The van der Waals surface area contributed by atoms with E-state index in [1.165, 1.54) is 34.3 Å². The van der Waals surface area contributed by atoms with Gasteiger partial charge in [-0.3, -0.25) is 0 Å². The Morgan fingerprint density at radius 1 is 1.18 bits per heavy atom. The minimum atomic E-state index is -1.02. The summed E-state index contributed by atoms with van der Waals surface area (Å²) < 4.78 is 22.8. The van der Waals surface area contributed by atoms with Crippen molar-refractivity contribution in [2.75, 3.05) is 6.54 Å². The van der Waals surface area contributed by atoms with E-state index in [-0.39, 0.29) is 39.9 Å². The number of hydrogen-bond donors (Lipinski definition) is 3. The van der Waals surface area contributed by atoms with Crippen molar-refractivity contribution in [1.29, 1.82) is 0 Å². The van der Waals surface area contributed by atoms with E-state index >= 15 is 0 Å². The average Bonchev–Trinajstić information content (AvgIpc) is 3.91. The molecule has 0 radical (unpaired) electrons. The van der Waals surface area contributed by atoms with E-state index in [0.29, 0.717) is 29.3 Å². The number of para-hydroxylation sites is 1. The number of nitrogens with one attached hydrogen (secondary N) is 3. The number of thiazole rings is 1. The third-order valence-corrected chi connectivity index (χ3v) is 14.4. The number of amides is 4. The molecule has 0 bridgehead atoms. The van der Waals surface area contributed by atoms with E-state index < -0.39 is 66.5 Å². The van der Waals surface area contributed by atoms with Crippen molar-refractivity contribution in [1.82, 2.24) is 35.2 Å². The van der Waals surface area contributed by atoms with Crippen LogP contribution in [0.25, 0.3) is 11.0 Å². The number of alkyl halides is 2. The second-order valence-corrected chi connectivity index (χ2v) is 18.1. The Labute approximate surface area is 301 Å². The van der Waals surface area contributed by atoms with Crippen LogP contribution in [0, 0.1) is 12.7 Å². The van der Waals surface area contributed by atoms with Crippen LogP contribution in [0.2, 0.25) is 0 Å². The predicted molar refractivity (Wildman–Crippen MR) is 178 cm³/mol. The fourth-order valence-electron chi connectivity index (χ4n) is 6.09. The van der Waals surface area contributed by atoms with Gasteiger partial charge in [0.25, 0.3) is 0 Å². The van der Waals surface area contributed by atoms with Gasteiger partial charge in [-0.1, -0.05) is 6.07 Å². The Morgan fingerprint density at radius 3 is 2.84 bits per heavy atom. The van der Waals surface area contributed by atoms with Crippen LogP contribution >= 0.6 is 23.3 Å². The fourth-order valence-corrected chi connectivity index (χ4v) is 10.5. The first-order valence-electron chi connectivity index (χ1n) is 16.4. The van der Waals surface area contributed by atoms with Crippen LogP contribution in [0.3, 0.4) is 0 Å². The molecule has 2 saturated heterocycles. The second kappa shape index (κ2) is 14.5. The number of fused-ring (bicyclic) bond motifs is 3. The molecule has 5 atom stereocenters. The van der Waals surface area contributed by atoms with Gasteiger partial charge in [-0.25, -0.2) is 0 Å². The number of benzene rings is 1. The number of carbonyl (C=O) groups is 4. The molecule has 4 aliphatic rings. The minimum absolute atomic E-state index is 0.0194. The summed E-state index contributed by atoms with van der Waals surface area (Å²) in [6.07, 6.45) is 9.29. The molecule has 3 aromatic rings. The number of aromatic nitrogens is 3. The van der Waals surface area contributed by atoms with Crippen LogP contribution in [0.15, 0.2) is 41.2 Å². The summed E-state index contributed by atoms with van der Waals surface area (Å²) >= 11 is 1.95. The summed E-state index contributed by atoms with van der Waals surface area (Å²) in [6.45, 7) is 1.72. The standard InChI is InChI=1S/C33H36FIN7O5S2/c1-18-30(39-27-21(34)8-7-10-22(27)37-18)47-19-14-25-29(44)40-33(32(46)41-49-20-12-13-20)26(35-33)11-6-4-2-3-5-9-23(31(45)42(25)15-19)38-28(43)24-16-48-17-36-24/h6-8,10-11,16-17,19-20,23,25-26H,2-5,9,12-15H2,1H3,(H,38,43)(H,40,44)(H,41,46)/q-1/b11-6-/t19-,23+,25+,26?,33-/m1/s1. The maximum atomic E-state index is 14.6. The number of carbonyl (C=O) groups excluding carboxylic acids is 4. The van der Waals surface area contributed by atoms with E-state index in [0.717, 1.165) is 32.1 Å². The molecule has 3 aliphatic heterocycles. The van der Waals surface area contributed by atoms with Gasteiger partial charge >= 0.3 is 297 Å². The molecule has 0 spiro atoms. The summed E-state index contributed by atoms with van der Waals surface area (Å²) in [6, 6.07) is 2.62. The van der Waals surface area contributed by atoms with Crippen molar-refractivity contribution in [2.24, 2.45) is 0 Å². The first kappa shape index (κ1) is 34.1. The van der Waals surface area contributed by atoms with Crippen LogP contribution < -0.4 is 41.3 Å². The molecule has 4 amide bonds. The van der Waals surface area contributed by atoms with Gasteiger partial charge in [0.15, 0.2) is 0 Å². The number of nitrogens with zero attached hydrogens (tertiary/aromatic N) is 4. The van der Waals surface area contributed by atoms with Gasteiger partial charge in [0.05, 0.1) is 0 Å². The molecule has 7 rings (SSSR count). The molecule has 1 unspecified atom stereocenters. The van der Waals surface area contributed by atoms with Crippen LogP contribution in [-0.4, -0.2) is 80.9 Å². The summed E-state index contributed by atoms with van der Waals surface area (Å²) in [5.74, 6) is -1.97. The molecule has 16 heteroatoms. The number of aryl methyl sites for hydroxylation is 1. The monoisotopic (exact) mass is 820 g/mol. The summed E-state index contributed by atoms with van der Waals surface area (Å²) in [5, 5.41) is 7.97. The fraction of sp³-hybridized carbons (Fsp3) is 0.485. The van der Waals surface area contributed by atoms with Crippen molar-refractivity contribution >= 4 is 57.9 Å². The van der Waals surface area contributed by atoms with Gasteiger partial charge in [-0.15, -0.1) is 0 Å². The van der Waals surface area contributed by atoms with Crippen LogP contribution in [0.5, 0.6) is 5.88 Å². The normalized spacial score (nSPS) is 28.2. The van der Waals surface area contributed by atoms with E-state index in [2.05, 4.69) is 42.5 Å². The Balaban J connectivity index is 1.18. The van der Waals surface area contributed by atoms with Gasteiger partial charge in [-0.05, 0) is 0 Å². The molecular weight excluding hydrogens is 784 g/mol. The van der Waals surface area contributed by atoms with E-state index in [4.69, 9.17) is 4.74 Å². The molecule has 5 heterocycles. The second-order valence-electron chi connectivity index (χ2n) is 12.6. The number of ether oxygens (including phenoxy) is 1. The van der Waals surface area contributed by atoms with E-state index in [9.17, 15) is 23.6 Å². The Kier molecular flexibility index (Phi) is 10.1. The van der Waals surface area contributed by atoms with Gasteiger partial charge in [0.2, 0.25) is 0 Å². The van der Waals surface area contributed by atoms with Crippen LogP contribution in [-0.2, 0) is 14.4 Å². The molecule has 3 N–H and O–H groups in total. The van der Waals surface area contributed by atoms with Crippen molar-refractivity contribution in [3.8, 4) is 5.88 Å². The summed E-state index contributed by atoms with van der Waals surface area (Å²) in [7, 11) is 0. The number of halogens is 2. The number of allylic oxidation sites excluding steroid dienone is 1. The maximum absolute atomic E-state index is 14.6. The predicted octanol–water partition coefficient (Wildman–Crippen LogP) is 0.412. The Bertz CT molecular complexity index is 1790. The zero-order valence-electron chi connectivity index (χ0n) is 26.7. The van der Waals surface area contributed by atoms with Gasteiger partial charge in [0.1, 0.15) is 0 Å². The molecule has 3 fully saturated rings. The SMILES string of the molecule is Cc1nc2cccc(F)c2nc1O[C@@H]1C[C@H]2C(=O)N[C@]3(C(=O)NSC4CC4)[I-]C3/C=C\CCCCC[C@H](NC(=O)c3cscn3)C(=O)N2C1. The third-order valence-electron chi connectivity index (χ3n) is 8.94. The van der Waals surface area contributed by atoms with E-state index in [1.54, 1.807) is 29.9 Å². The summed E-state index contributed by atoms with van der Waals surface area (Å²) in [5.41, 5.74) is 2.65. The first-order chi connectivity index (χ1) is 23.7. The molecule has 1 aromatic carbocycles. The first-order valence-corrected chi connectivity index (χ1v) is 20.5. The van der Waals surface area contributed by atoms with Crippen LogP contribution in [0.1, 0.15) is 67.5 Å². The Morgan fingerprint density at radius 2 is 2.04 bits per heavy atom. The topological polar surface area (TPSA) is 156 Å². The molecule has 260 valence electrons. The molecule has 1 saturated carbocycles. The third kappa shape index (κ3) is 7.55. The van der Waals surface area contributed by atoms with E-state index in [1.807, 2.05) is 0 Å². The molecule has 12 nitrogen and oxygen atoms in total. The number of rotatable bonds is 7. The quantitative estimate of drug-likeness (QED) is 0.101. The zero-order valence-corrected chi connectivity index (χ0v) is 30.5. The van der Waals surface area contributed by atoms with Gasteiger partial charge in [0, 0.05) is 0 Å². The summed E-state index contributed by atoms with van der Waals surface area (Å²) in [4.78, 5) is 69.8. The van der Waals surface area contributed by atoms with Crippen molar-refractivity contribution in [2.45, 2.75) is 89.2 Å². The molecule has 1 aliphatic carbocycles. The van der Waals surface area contributed by atoms with Gasteiger partial charge in [-0.2, -0.15) is 0 Å². The Hall–Kier alpha value is -3.38. The number of hydrogen-bond acceptors (Lipinski definition) is 10. The molecular formula is C33H36FIN7O5S2-. The average molecular weight is 821 g/mol. The van der Waals surface area contributed by atoms with Crippen molar-refractivity contribution < 1.29 is 49.5 Å². The van der Waals surface area contributed by atoms with Gasteiger partial charge < -0.3 is 0 Å². The van der Waals surface area contributed by atoms with Crippen molar-refractivity contribution in [3.63, 3.8) is 0 Å².